The first-order valence-corrected chi connectivity index (χ1v) is 6.82. The van der Waals surface area contributed by atoms with Crippen LogP contribution in [-0.4, -0.2) is 5.84 Å². The minimum Gasteiger partial charge on any atom is -0.387 e. The molecule has 0 aliphatic heterocycles. The highest BCUT2D eigenvalue weighted by atomic mass is 35.5. The number of aliphatic imine (C=N–C) groups is 1. The van der Waals surface area contributed by atoms with E-state index in [0.717, 1.165) is 12.8 Å². The van der Waals surface area contributed by atoms with Gasteiger partial charge in [-0.3, -0.25) is 0 Å². The molecular weight excluding hydrogens is 274 g/mol. The van der Waals surface area contributed by atoms with Gasteiger partial charge in [0.15, 0.2) is 0 Å². The summed E-state index contributed by atoms with van der Waals surface area (Å²) in [6, 6.07) is 2.39. The molecule has 0 radical (unpaired) electrons. The molecule has 0 amide bonds. The van der Waals surface area contributed by atoms with E-state index >= 15 is 0 Å². The van der Waals surface area contributed by atoms with Crippen LogP contribution in [0.4, 0.5) is 10.1 Å². The summed E-state index contributed by atoms with van der Waals surface area (Å²) in [6.45, 7) is 0. The van der Waals surface area contributed by atoms with Crippen molar-refractivity contribution < 1.29 is 4.39 Å². The van der Waals surface area contributed by atoms with E-state index < -0.39 is 5.82 Å². The number of halogens is 3. The Hall–Kier alpha value is -0.800. The molecule has 2 N–H and O–H groups in total. The summed E-state index contributed by atoms with van der Waals surface area (Å²) in [6.07, 6.45) is 5.69. The quantitative estimate of drug-likeness (QED) is 0.622. The highest BCUT2D eigenvalue weighted by Gasteiger charge is 2.18. The number of benzene rings is 1. The van der Waals surface area contributed by atoms with E-state index in [-0.39, 0.29) is 16.0 Å². The van der Waals surface area contributed by atoms with Gasteiger partial charge in [-0.05, 0) is 25.0 Å². The van der Waals surface area contributed by atoms with E-state index in [1.54, 1.807) is 0 Å². The van der Waals surface area contributed by atoms with Crippen molar-refractivity contribution in [1.29, 1.82) is 0 Å². The van der Waals surface area contributed by atoms with Crippen LogP contribution in [0.15, 0.2) is 17.1 Å². The molecule has 1 saturated carbocycles. The molecule has 0 bridgehead atoms. The zero-order chi connectivity index (χ0) is 13.1. The lowest BCUT2D eigenvalue weighted by atomic mass is 9.88. The summed E-state index contributed by atoms with van der Waals surface area (Å²) in [4.78, 5) is 4.29. The van der Waals surface area contributed by atoms with Crippen molar-refractivity contribution in [3.05, 3.63) is 28.0 Å². The fourth-order valence-electron chi connectivity index (χ4n) is 2.26. The molecule has 1 aliphatic carbocycles. The molecule has 5 heteroatoms. The first-order chi connectivity index (χ1) is 8.58. The lowest BCUT2D eigenvalue weighted by Crippen LogP contribution is -2.25. The lowest BCUT2D eigenvalue weighted by Gasteiger charge is -2.21. The maximum atomic E-state index is 13.1. The Morgan fingerprint density at radius 3 is 2.28 bits per heavy atom. The van der Waals surface area contributed by atoms with Crippen molar-refractivity contribution in [2.24, 2.45) is 16.6 Å². The highest BCUT2D eigenvalue weighted by molar-refractivity contribution is 6.38. The van der Waals surface area contributed by atoms with E-state index in [1.165, 1.54) is 31.4 Å². The van der Waals surface area contributed by atoms with E-state index in [4.69, 9.17) is 28.9 Å². The van der Waals surface area contributed by atoms with Crippen LogP contribution in [0, 0.1) is 11.7 Å². The second-order valence-electron chi connectivity index (χ2n) is 4.59. The third-order valence-corrected chi connectivity index (χ3v) is 3.82. The number of hydrogen-bond acceptors (Lipinski definition) is 1. The minimum absolute atomic E-state index is 0.193. The fraction of sp³-hybridized carbons (Fsp3) is 0.462. The molecule has 1 aliphatic rings. The Labute approximate surface area is 116 Å². The van der Waals surface area contributed by atoms with E-state index in [0.29, 0.717) is 11.5 Å². The van der Waals surface area contributed by atoms with Gasteiger partial charge in [-0.2, -0.15) is 0 Å². The first-order valence-electron chi connectivity index (χ1n) is 6.06. The van der Waals surface area contributed by atoms with Gasteiger partial charge in [0.1, 0.15) is 17.3 Å². The predicted molar refractivity (Wildman–Crippen MR) is 74.3 cm³/mol. The molecule has 0 aromatic heterocycles. The topological polar surface area (TPSA) is 38.4 Å². The first kappa shape index (κ1) is 13.6. The Bertz CT molecular complexity index is 445. The largest absolute Gasteiger partial charge is 0.387 e. The van der Waals surface area contributed by atoms with Gasteiger partial charge in [0.2, 0.25) is 0 Å². The van der Waals surface area contributed by atoms with Crippen molar-refractivity contribution in [2.75, 3.05) is 0 Å². The van der Waals surface area contributed by atoms with Crippen molar-refractivity contribution in [3.8, 4) is 0 Å². The molecule has 2 nitrogen and oxygen atoms in total. The third-order valence-electron chi connectivity index (χ3n) is 3.25. The molecule has 18 heavy (non-hydrogen) atoms. The molecule has 0 spiro atoms. The maximum absolute atomic E-state index is 13.1. The van der Waals surface area contributed by atoms with Gasteiger partial charge in [-0.1, -0.05) is 42.5 Å². The van der Waals surface area contributed by atoms with Crippen LogP contribution in [0.1, 0.15) is 32.1 Å². The molecule has 1 aromatic carbocycles. The van der Waals surface area contributed by atoms with Gasteiger partial charge in [0.05, 0.1) is 10.0 Å². The lowest BCUT2D eigenvalue weighted by molar-refractivity contribution is 0.437. The van der Waals surface area contributed by atoms with Crippen molar-refractivity contribution in [2.45, 2.75) is 32.1 Å². The number of nitrogens with two attached hydrogens (primary N) is 1. The van der Waals surface area contributed by atoms with Gasteiger partial charge in [0.25, 0.3) is 0 Å². The monoisotopic (exact) mass is 288 g/mol. The molecule has 1 fully saturated rings. The van der Waals surface area contributed by atoms with Crippen LogP contribution >= 0.6 is 23.2 Å². The molecule has 98 valence electrons. The maximum Gasteiger partial charge on any atom is 0.126 e. The van der Waals surface area contributed by atoms with Crippen molar-refractivity contribution in [3.63, 3.8) is 0 Å². The summed E-state index contributed by atoms with van der Waals surface area (Å²) < 4.78 is 13.1. The molecule has 2 rings (SSSR count). The van der Waals surface area contributed by atoms with Crippen molar-refractivity contribution >= 4 is 34.7 Å². The van der Waals surface area contributed by atoms with Crippen LogP contribution in [0.3, 0.4) is 0 Å². The predicted octanol–water partition coefficient (Wildman–Crippen LogP) is 4.70. The van der Waals surface area contributed by atoms with Crippen LogP contribution in [0.25, 0.3) is 0 Å². The summed E-state index contributed by atoms with van der Waals surface area (Å²) in [5.74, 6) is 0.362. The minimum atomic E-state index is -0.472. The highest BCUT2D eigenvalue weighted by Crippen LogP contribution is 2.35. The number of rotatable bonds is 2. The van der Waals surface area contributed by atoms with E-state index in [2.05, 4.69) is 4.99 Å². The Morgan fingerprint density at radius 2 is 1.72 bits per heavy atom. The van der Waals surface area contributed by atoms with Gasteiger partial charge in [-0.25, -0.2) is 9.38 Å². The van der Waals surface area contributed by atoms with E-state index in [1.807, 2.05) is 0 Å². The Morgan fingerprint density at radius 1 is 1.17 bits per heavy atom. The van der Waals surface area contributed by atoms with Crippen LogP contribution in [0.2, 0.25) is 10.0 Å². The number of hydrogen-bond donors (Lipinski definition) is 1. The third kappa shape index (κ3) is 3.15. The summed E-state index contributed by atoms with van der Waals surface area (Å²) >= 11 is 11.9. The fourth-order valence-corrected chi connectivity index (χ4v) is 2.81. The van der Waals surface area contributed by atoms with Crippen LogP contribution in [0.5, 0.6) is 0 Å². The molecule has 0 heterocycles. The average Bonchev–Trinajstić information content (AvgIpc) is 2.34. The summed E-state index contributed by atoms with van der Waals surface area (Å²) in [7, 11) is 0. The van der Waals surface area contributed by atoms with Crippen molar-refractivity contribution in [1.82, 2.24) is 0 Å². The van der Waals surface area contributed by atoms with Gasteiger partial charge in [-0.15, -0.1) is 0 Å². The van der Waals surface area contributed by atoms with Gasteiger partial charge >= 0.3 is 0 Å². The smallest absolute Gasteiger partial charge is 0.126 e. The summed E-state index contributed by atoms with van der Waals surface area (Å²) in [5, 5.41) is 0.387. The van der Waals surface area contributed by atoms with Gasteiger partial charge in [0, 0.05) is 5.92 Å². The average molecular weight is 289 g/mol. The molecule has 0 atom stereocenters. The van der Waals surface area contributed by atoms with E-state index in [9.17, 15) is 4.39 Å². The molecule has 0 saturated heterocycles. The zero-order valence-corrected chi connectivity index (χ0v) is 11.4. The standard InChI is InChI=1S/C13H15Cl2FN2/c14-10-6-9(16)7-11(15)12(10)18-13(17)8-4-2-1-3-5-8/h6-8H,1-5H2,(H2,17,18). The molecule has 0 unspecified atom stereocenters. The summed E-state index contributed by atoms with van der Waals surface area (Å²) in [5.41, 5.74) is 6.36. The van der Waals surface area contributed by atoms with Crippen LogP contribution < -0.4 is 5.73 Å². The molecule has 1 aromatic rings. The van der Waals surface area contributed by atoms with Crippen LogP contribution in [-0.2, 0) is 0 Å². The van der Waals surface area contributed by atoms with Gasteiger partial charge < -0.3 is 5.73 Å². The zero-order valence-electron chi connectivity index (χ0n) is 9.93. The molecular formula is C13H15Cl2FN2. The SMILES string of the molecule is NC(=Nc1c(Cl)cc(F)cc1Cl)C1CCCCC1. The number of nitrogens with zero attached hydrogens (tertiary/aromatic N) is 1. The second-order valence-corrected chi connectivity index (χ2v) is 5.40. The number of amidine groups is 1. The normalized spacial score (nSPS) is 18.1. The second kappa shape index (κ2) is 5.89. The Balaban J connectivity index is 2.26. The Kier molecular flexibility index (Phi) is 4.46.